The van der Waals surface area contributed by atoms with Crippen LogP contribution in [0.4, 0.5) is 0 Å². The molecule has 0 amide bonds. The molecule has 0 radical (unpaired) electrons. The zero-order chi connectivity index (χ0) is 9.80. The lowest BCUT2D eigenvalue weighted by molar-refractivity contribution is 0.294. The van der Waals surface area contributed by atoms with Crippen molar-refractivity contribution in [2.75, 3.05) is 0 Å². The first-order valence-electron chi connectivity index (χ1n) is 5.18. The Labute approximate surface area is 85.3 Å². The molecule has 2 N–H and O–H groups in total. The molecule has 1 unspecified atom stereocenters. The lowest BCUT2D eigenvalue weighted by atomic mass is 9.80. The molecule has 0 saturated heterocycles. The van der Waals surface area contributed by atoms with Gasteiger partial charge in [0, 0.05) is 5.56 Å². The lowest BCUT2D eigenvalue weighted by Gasteiger charge is -2.27. The van der Waals surface area contributed by atoms with E-state index in [0.29, 0.717) is 5.92 Å². The Hall–Kier alpha value is -1.26. The molecule has 1 saturated carbocycles. The summed E-state index contributed by atoms with van der Waals surface area (Å²) in [6.07, 6.45) is 3.83. The molecule has 1 heteroatoms. The second-order valence-electron chi connectivity index (χ2n) is 3.85. The van der Waals surface area contributed by atoms with Gasteiger partial charge in [0.25, 0.3) is 0 Å². The van der Waals surface area contributed by atoms with Crippen LogP contribution in [0.1, 0.15) is 24.8 Å². The van der Waals surface area contributed by atoms with Crippen molar-refractivity contribution >= 4 is 0 Å². The van der Waals surface area contributed by atoms with E-state index < -0.39 is 0 Å². The molecule has 0 bridgehead atoms. The molecule has 0 aliphatic heterocycles. The highest BCUT2D eigenvalue weighted by Crippen LogP contribution is 2.28. The second kappa shape index (κ2) is 4.30. The minimum atomic E-state index is 0.0731. The van der Waals surface area contributed by atoms with Crippen molar-refractivity contribution in [3.63, 3.8) is 0 Å². The molecule has 1 aromatic rings. The summed E-state index contributed by atoms with van der Waals surface area (Å²) in [5.41, 5.74) is 7.01. The van der Waals surface area contributed by atoms with Gasteiger partial charge < -0.3 is 5.73 Å². The van der Waals surface area contributed by atoms with E-state index in [4.69, 9.17) is 5.73 Å². The first-order chi connectivity index (χ1) is 6.86. The highest BCUT2D eigenvalue weighted by molar-refractivity contribution is 5.34. The SMILES string of the molecule is NC(C#Cc1ccccc1)C1CCC1. The van der Waals surface area contributed by atoms with E-state index >= 15 is 0 Å². The van der Waals surface area contributed by atoms with Crippen LogP contribution in [0.25, 0.3) is 0 Å². The van der Waals surface area contributed by atoms with Crippen molar-refractivity contribution < 1.29 is 0 Å². The summed E-state index contributed by atoms with van der Waals surface area (Å²) in [7, 11) is 0. The first kappa shape index (κ1) is 9.30. The third-order valence-corrected chi connectivity index (χ3v) is 2.81. The number of benzene rings is 1. The molecule has 14 heavy (non-hydrogen) atoms. The van der Waals surface area contributed by atoms with Gasteiger partial charge >= 0.3 is 0 Å². The van der Waals surface area contributed by atoms with E-state index in [1.165, 1.54) is 19.3 Å². The zero-order valence-electron chi connectivity index (χ0n) is 8.24. The van der Waals surface area contributed by atoms with E-state index in [2.05, 4.69) is 11.8 Å². The molecule has 0 heterocycles. The average Bonchev–Trinajstić information content (AvgIpc) is 2.14. The van der Waals surface area contributed by atoms with E-state index in [0.717, 1.165) is 5.56 Å². The molecule has 1 atom stereocenters. The van der Waals surface area contributed by atoms with Crippen LogP contribution in [-0.4, -0.2) is 6.04 Å². The molecule has 72 valence electrons. The molecule has 1 nitrogen and oxygen atoms in total. The van der Waals surface area contributed by atoms with Crippen LogP contribution in [0.5, 0.6) is 0 Å². The van der Waals surface area contributed by atoms with Crippen molar-refractivity contribution in [2.24, 2.45) is 11.7 Å². The summed E-state index contributed by atoms with van der Waals surface area (Å²) < 4.78 is 0. The van der Waals surface area contributed by atoms with Gasteiger partial charge in [-0.1, -0.05) is 36.5 Å². The van der Waals surface area contributed by atoms with E-state index in [-0.39, 0.29) is 6.04 Å². The molecule has 0 aromatic heterocycles. The topological polar surface area (TPSA) is 26.0 Å². The fraction of sp³-hybridized carbons (Fsp3) is 0.385. The Kier molecular flexibility index (Phi) is 2.86. The molecular weight excluding hydrogens is 170 g/mol. The Morgan fingerprint density at radius 2 is 1.93 bits per heavy atom. The number of rotatable bonds is 1. The molecule has 2 rings (SSSR count). The van der Waals surface area contributed by atoms with Gasteiger partial charge in [0.15, 0.2) is 0 Å². The van der Waals surface area contributed by atoms with E-state index in [9.17, 15) is 0 Å². The van der Waals surface area contributed by atoms with Crippen molar-refractivity contribution in [2.45, 2.75) is 25.3 Å². The van der Waals surface area contributed by atoms with E-state index in [1.54, 1.807) is 0 Å². The summed E-state index contributed by atoms with van der Waals surface area (Å²) in [6, 6.07) is 10.1. The quantitative estimate of drug-likeness (QED) is 0.667. The fourth-order valence-corrected chi connectivity index (χ4v) is 1.60. The maximum Gasteiger partial charge on any atom is 0.0696 e. The molecule has 0 spiro atoms. The maximum absolute atomic E-state index is 5.95. The van der Waals surface area contributed by atoms with Crippen molar-refractivity contribution in [3.8, 4) is 11.8 Å². The summed E-state index contributed by atoms with van der Waals surface area (Å²) in [6.45, 7) is 0. The highest BCUT2D eigenvalue weighted by Gasteiger charge is 2.22. The average molecular weight is 185 g/mol. The summed E-state index contributed by atoms with van der Waals surface area (Å²) in [5.74, 6) is 6.89. The van der Waals surface area contributed by atoms with Gasteiger partial charge in [-0.15, -0.1) is 0 Å². The first-order valence-corrected chi connectivity index (χ1v) is 5.18. The zero-order valence-corrected chi connectivity index (χ0v) is 8.24. The van der Waals surface area contributed by atoms with Crippen molar-refractivity contribution in [3.05, 3.63) is 35.9 Å². The van der Waals surface area contributed by atoms with Crippen LogP contribution in [-0.2, 0) is 0 Å². The van der Waals surface area contributed by atoms with Crippen LogP contribution < -0.4 is 5.73 Å². The smallest absolute Gasteiger partial charge is 0.0696 e. The molecular formula is C13H15N. The largest absolute Gasteiger partial charge is 0.317 e. The number of nitrogens with two attached hydrogens (primary N) is 1. The van der Waals surface area contributed by atoms with E-state index in [1.807, 2.05) is 30.3 Å². The van der Waals surface area contributed by atoms with Crippen LogP contribution >= 0.6 is 0 Å². The van der Waals surface area contributed by atoms with Crippen molar-refractivity contribution in [1.29, 1.82) is 0 Å². The summed E-state index contributed by atoms with van der Waals surface area (Å²) >= 11 is 0. The minimum absolute atomic E-state index is 0.0731. The van der Waals surface area contributed by atoms with Gasteiger partial charge in [-0.05, 0) is 30.9 Å². The maximum atomic E-state index is 5.95. The predicted octanol–water partition coefficient (Wildman–Crippen LogP) is 2.17. The van der Waals surface area contributed by atoms with Crippen LogP contribution in [0.2, 0.25) is 0 Å². The summed E-state index contributed by atoms with van der Waals surface area (Å²) in [5, 5.41) is 0. The third kappa shape index (κ3) is 2.16. The Bertz CT molecular complexity index is 340. The molecule has 1 aliphatic carbocycles. The number of hydrogen-bond donors (Lipinski definition) is 1. The van der Waals surface area contributed by atoms with Crippen molar-refractivity contribution in [1.82, 2.24) is 0 Å². The van der Waals surface area contributed by atoms with Crippen LogP contribution in [0, 0.1) is 17.8 Å². The predicted molar refractivity (Wildman–Crippen MR) is 58.6 cm³/mol. The summed E-state index contributed by atoms with van der Waals surface area (Å²) in [4.78, 5) is 0. The standard InChI is InChI=1S/C13H15N/c14-13(12-7-4-8-12)10-9-11-5-2-1-3-6-11/h1-3,5-6,12-13H,4,7-8,14H2. The molecule has 1 aromatic carbocycles. The Morgan fingerprint density at radius 1 is 1.21 bits per heavy atom. The lowest BCUT2D eigenvalue weighted by Crippen LogP contribution is -2.33. The van der Waals surface area contributed by atoms with Crippen LogP contribution in [0.15, 0.2) is 30.3 Å². The van der Waals surface area contributed by atoms with Gasteiger partial charge in [-0.3, -0.25) is 0 Å². The Balaban J connectivity index is 1.99. The second-order valence-corrected chi connectivity index (χ2v) is 3.85. The van der Waals surface area contributed by atoms with Gasteiger partial charge in [-0.25, -0.2) is 0 Å². The monoisotopic (exact) mass is 185 g/mol. The van der Waals surface area contributed by atoms with Crippen LogP contribution in [0.3, 0.4) is 0 Å². The number of hydrogen-bond acceptors (Lipinski definition) is 1. The Morgan fingerprint density at radius 3 is 2.50 bits per heavy atom. The fourth-order valence-electron chi connectivity index (χ4n) is 1.60. The van der Waals surface area contributed by atoms with Gasteiger partial charge in [0.05, 0.1) is 6.04 Å². The van der Waals surface area contributed by atoms with Gasteiger partial charge in [-0.2, -0.15) is 0 Å². The molecule has 1 aliphatic rings. The van der Waals surface area contributed by atoms with Gasteiger partial charge in [0.1, 0.15) is 0 Å². The highest BCUT2D eigenvalue weighted by atomic mass is 14.6. The molecule has 1 fully saturated rings. The normalized spacial score (nSPS) is 17.8. The van der Waals surface area contributed by atoms with Gasteiger partial charge in [0.2, 0.25) is 0 Å². The minimum Gasteiger partial charge on any atom is -0.317 e. The third-order valence-electron chi connectivity index (χ3n) is 2.81.